The molecule has 0 atom stereocenters. The van der Waals surface area contributed by atoms with E-state index in [1.807, 2.05) is 0 Å². The molecule has 0 unspecified atom stereocenters. The highest BCUT2D eigenvalue weighted by Gasteiger charge is 2.51. The van der Waals surface area contributed by atoms with Crippen molar-refractivity contribution in [3.8, 4) is 5.75 Å². The summed E-state index contributed by atoms with van der Waals surface area (Å²) in [4.78, 5) is 0. The van der Waals surface area contributed by atoms with Crippen molar-refractivity contribution in [3.63, 3.8) is 0 Å². The van der Waals surface area contributed by atoms with E-state index in [1.165, 1.54) is 12.1 Å². The molecule has 0 fully saturated rings. The molecule has 0 heterocycles. The second-order valence-electron chi connectivity index (χ2n) is 5.06. The minimum absolute atomic E-state index is 0.0464. The van der Waals surface area contributed by atoms with E-state index in [9.17, 15) is 14.2 Å². The number of anilines is 1. The molecule has 1 rings (SSSR count). The van der Waals surface area contributed by atoms with Crippen LogP contribution in [-0.2, 0) is 27.2 Å². The summed E-state index contributed by atoms with van der Waals surface area (Å²) in [6.07, 6.45) is 0. The van der Waals surface area contributed by atoms with Gasteiger partial charge < -0.3 is 28.5 Å². The maximum atomic E-state index is 13.4. The quantitative estimate of drug-likeness (QED) is 0.290. The van der Waals surface area contributed by atoms with Crippen molar-refractivity contribution < 1.29 is 32.3 Å². The number of halogens is 2. The van der Waals surface area contributed by atoms with E-state index in [1.54, 1.807) is 27.7 Å². The first kappa shape index (κ1) is 24.7. The third kappa shape index (κ3) is 6.34. The van der Waals surface area contributed by atoms with Gasteiger partial charge in [0.1, 0.15) is 0 Å². The first-order chi connectivity index (χ1) is 12.7. The smallest absolute Gasteiger partial charge is 0.365 e. The van der Waals surface area contributed by atoms with Crippen molar-refractivity contribution >= 4 is 44.1 Å². The number of hydrogen-bond donors (Lipinski definition) is 2. The van der Waals surface area contributed by atoms with Crippen LogP contribution in [0.15, 0.2) is 12.1 Å². The number of phenolic OH excluding ortho intramolecular Hbond substituents is 1. The summed E-state index contributed by atoms with van der Waals surface area (Å²) in [5, 5.41) is 12.4. The summed E-state index contributed by atoms with van der Waals surface area (Å²) < 4.78 is 48.2. The van der Waals surface area contributed by atoms with Gasteiger partial charge in [0.05, 0.1) is 36.5 Å². The van der Waals surface area contributed by atoms with E-state index in [-0.39, 0.29) is 47.9 Å². The summed E-state index contributed by atoms with van der Waals surface area (Å²) >= 11 is 11.9. The third-order valence-electron chi connectivity index (χ3n) is 3.15. The average molecular weight is 464 g/mol. The zero-order valence-corrected chi connectivity index (χ0v) is 18.9. The Hall–Kier alpha value is -0.300. The lowest BCUT2D eigenvalue weighted by Crippen LogP contribution is -2.25. The van der Waals surface area contributed by atoms with Crippen molar-refractivity contribution in [3.05, 3.63) is 22.2 Å². The van der Waals surface area contributed by atoms with Crippen LogP contribution in [-0.4, -0.2) is 37.1 Å². The highest BCUT2D eigenvalue weighted by molar-refractivity contribution is 7.72. The molecule has 0 spiro atoms. The summed E-state index contributed by atoms with van der Waals surface area (Å²) in [6, 6.07) is 2.67. The van der Waals surface area contributed by atoms with Gasteiger partial charge in [-0.05, 0) is 39.8 Å². The van der Waals surface area contributed by atoms with E-state index in [0.29, 0.717) is 0 Å². The van der Waals surface area contributed by atoms with Crippen LogP contribution in [0.5, 0.6) is 5.75 Å². The maximum Gasteiger partial charge on any atom is 0.365 e. The SMILES string of the molecule is CCOP(=O)(OCC)C(Nc1cc(Cl)c(O)c(Cl)c1)P(=O)(OCC)OCC. The molecular weight excluding hydrogens is 439 g/mol. The minimum Gasteiger partial charge on any atom is -0.505 e. The molecule has 1 aromatic carbocycles. The van der Waals surface area contributed by atoms with E-state index in [2.05, 4.69) is 5.32 Å². The zero-order valence-electron chi connectivity index (χ0n) is 15.6. The summed E-state index contributed by atoms with van der Waals surface area (Å²) in [5.41, 5.74) is -1.24. The fraction of sp³-hybridized carbons (Fsp3) is 0.600. The molecule has 0 saturated heterocycles. The fourth-order valence-electron chi connectivity index (χ4n) is 2.21. The number of rotatable bonds is 12. The van der Waals surface area contributed by atoms with Gasteiger partial charge in [0.15, 0.2) is 5.75 Å². The largest absolute Gasteiger partial charge is 0.505 e. The van der Waals surface area contributed by atoms with Crippen molar-refractivity contribution in [2.45, 2.75) is 33.2 Å². The highest BCUT2D eigenvalue weighted by Crippen LogP contribution is 2.70. The average Bonchev–Trinajstić information content (AvgIpc) is 2.58. The van der Waals surface area contributed by atoms with Crippen LogP contribution in [0.3, 0.4) is 0 Å². The van der Waals surface area contributed by atoms with E-state index >= 15 is 0 Å². The molecule has 0 bridgehead atoms. The normalized spacial score (nSPS) is 12.6. The van der Waals surface area contributed by atoms with Gasteiger partial charge in [0.25, 0.3) is 0 Å². The van der Waals surface area contributed by atoms with Crippen molar-refractivity contribution in [2.24, 2.45) is 0 Å². The highest BCUT2D eigenvalue weighted by atomic mass is 35.5. The molecule has 1 aromatic rings. The number of hydrogen-bond acceptors (Lipinski definition) is 8. The van der Waals surface area contributed by atoms with Crippen molar-refractivity contribution in [2.75, 3.05) is 31.7 Å². The molecule has 27 heavy (non-hydrogen) atoms. The molecule has 156 valence electrons. The Morgan fingerprint density at radius 3 is 1.52 bits per heavy atom. The van der Waals surface area contributed by atoms with Crippen LogP contribution in [0.4, 0.5) is 5.69 Å². The predicted molar refractivity (Wildman–Crippen MR) is 107 cm³/mol. The minimum atomic E-state index is -3.99. The summed E-state index contributed by atoms with van der Waals surface area (Å²) in [6.45, 7) is 6.70. The van der Waals surface area contributed by atoms with Gasteiger partial charge in [-0.25, -0.2) is 0 Å². The Morgan fingerprint density at radius 1 is 0.889 bits per heavy atom. The number of nitrogens with one attached hydrogen (secondary N) is 1. The number of benzene rings is 1. The van der Waals surface area contributed by atoms with Crippen molar-refractivity contribution in [1.29, 1.82) is 0 Å². The molecule has 0 amide bonds. The first-order valence-electron chi connectivity index (χ1n) is 8.39. The topological polar surface area (TPSA) is 103 Å². The molecule has 0 aliphatic rings. The molecular formula is C15H25Cl2NO7P2. The standard InChI is InChI=1S/C15H25Cl2NO7P2/c1-5-22-26(20,23-6-2)15(27(21,24-7-3)25-8-4)18-11-9-12(16)14(19)13(17)10-11/h9-10,15,18-19H,5-8H2,1-4H3. The van der Waals surface area contributed by atoms with Crippen LogP contribution in [0.25, 0.3) is 0 Å². The Balaban J connectivity index is 3.48. The molecule has 0 aliphatic heterocycles. The van der Waals surface area contributed by atoms with E-state index < -0.39 is 20.7 Å². The predicted octanol–water partition coefficient (Wildman–Crippen LogP) is 5.93. The molecule has 8 nitrogen and oxygen atoms in total. The molecule has 2 N–H and O–H groups in total. The Labute approximate surface area is 169 Å². The second kappa shape index (κ2) is 11.0. The van der Waals surface area contributed by atoms with Crippen LogP contribution in [0.2, 0.25) is 10.0 Å². The maximum absolute atomic E-state index is 13.4. The lowest BCUT2D eigenvalue weighted by Gasteiger charge is -2.32. The number of phenols is 1. The third-order valence-corrected chi connectivity index (χ3v) is 9.35. The zero-order chi connectivity index (χ0) is 20.7. The lowest BCUT2D eigenvalue weighted by atomic mass is 10.3. The molecule has 0 saturated carbocycles. The van der Waals surface area contributed by atoms with Crippen LogP contribution >= 0.6 is 38.4 Å². The summed E-state index contributed by atoms with van der Waals surface area (Å²) in [7, 11) is -7.98. The number of aromatic hydroxyl groups is 1. The molecule has 0 aliphatic carbocycles. The lowest BCUT2D eigenvalue weighted by molar-refractivity contribution is 0.198. The second-order valence-corrected chi connectivity index (χ2v) is 10.5. The van der Waals surface area contributed by atoms with Crippen LogP contribution in [0.1, 0.15) is 27.7 Å². The van der Waals surface area contributed by atoms with Gasteiger partial charge in [-0.2, -0.15) is 0 Å². The van der Waals surface area contributed by atoms with Gasteiger partial charge in [-0.3, -0.25) is 9.13 Å². The van der Waals surface area contributed by atoms with Crippen LogP contribution < -0.4 is 5.32 Å². The van der Waals surface area contributed by atoms with Crippen molar-refractivity contribution in [1.82, 2.24) is 0 Å². The Morgan fingerprint density at radius 2 is 1.22 bits per heavy atom. The molecule has 0 radical (unpaired) electrons. The monoisotopic (exact) mass is 463 g/mol. The summed E-state index contributed by atoms with van der Waals surface area (Å²) in [5.74, 6) is -0.309. The van der Waals surface area contributed by atoms with Gasteiger partial charge in [0.2, 0.25) is 5.52 Å². The van der Waals surface area contributed by atoms with E-state index in [4.69, 9.17) is 41.3 Å². The van der Waals surface area contributed by atoms with E-state index in [0.717, 1.165) is 0 Å². The fourth-order valence-corrected chi connectivity index (χ4v) is 7.65. The van der Waals surface area contributed by atoms with Gasteiger partial charge in [0, 0.05) is 5.69 Å². The molecule has 0 aromatic heterocycles. The van der Waals surface area contributed by atoms with Crippen LogP contribution in [0, 0.1) is 0 Å². The Bertz CT molecular complexity index is 646. The van der Waals surface area contributed by atoms with Gasteiger partial charge in [-0.1, -0.05) is 23.2 Å². The Kier molecular flexibility index (Phi) is 10.1. The first-order valence-corrected chi connectivity index (χ1v) is 12.4. The van der Waals surface area contributed by atoms with Gasteiger partial charge in [-0.15, -0.1) is 0 Å². The molecule has 12 heteroatoms. The van der Waals surface area contributed by atoms with Gasteiger partial charge >= 0.3 is 15.2 Å².